The molecule has 1 fully saturated rings. The van der Waals surface area contributed by atoms with E-state index in [0.29, 0.717) is 4.57 Å². The minimum Gasteiger partial charge on any atom is -0.459 e. The lowest BCUT2D eigenvalue weighted by Crippen LogP contribution is -2.45. The number of carbonyl (C=O) groups is 3. The molecule has 0 spiro atoms. The van der Waals surface area contributed by atoms with Crippen LogP contribution in [-0.4, -0.2) is 71.1 Å². The van der Waals surface area contributed by atoms with E-state index in [9.17, 15) is 42.5 Å². The van der Waals surface area contributed by atoms with Crippen molar-refractivity contribution in [2.24, 2.45) is 0 Å². The third kappa shape index (κ3) is 8.75. The minimum atomic E-state index is -4.16. The Labute approximate surface area is 312 Å². The van der Waals surface area contributed by atoms with Crippen LogP contribution in [-0.2, 0) is 35.3 Å². The largest absolute Gasteiger partial charge is 0.459 e. The lowest BCUT2D eigenvalue weighted by molar-refractivity contribution is -0.384. The summed E-state index contributed by atoms with van der Waals surface area (Å²) in [5.41, 5.74) is -1.86. The zero-order valence-electron chi connectivity index (χ0n) is 28.6. The zero-order chi connectivity index (χ0) is 39.1. The highest BCUT2D eigenvalue weighted by atomic mass is 32.2. The summed E-state index contributed by atoms with van der Waals surface area (Å²) in [5, 5.41) is 11.0. The molecule has 0 radical (unpaired) electrons. The van der Waals surface area contributed by atoms with E-state index in [4.69, 9.17) is 18.9 Å². The van der Waals surface area contributed by atoms with Crippen LogP contribution in [0.1, 0.15) is 37.3 Å². The van der Waals surface area contributed by atoms with Gasteiger partial charge in [0.1, 0.15) is 12.7 Å². The van der Waals surface area contributed by atoms with E-state index in [1.807, 2.05) is 0 Å². The van der Waals surface area contributed by atoms with Gasteiger partial charge < -0.3 is 18.9 Å². The molecule has 0 saturated carbocycles. The third-order valence-electron chi connectivity index (χ3n) is 8.54. The SMILES string of the molecule is O=C(OC[C@H]1O[C@@H](n2ccc(=O)n(CCS(=O)(=O)c3ccc([N+](=O)[O-])cc3)c2=O)[C@H](OC(=O)c2ccccc2)[C@@H]1OC(=O)c1ccccc1)c1ccccc1. The normalized spacial score (nSPS) is 17.9. The maximum Gasteiger partial charge on any atom is 0.338 e. The second-order valence-corrected chi connectivity index (χ2v) is 14.2. The molecule has 0 bridgehead atoms. The molecule has 4 atom stereocenters. The predicted octanol–water partition coefficient (Wildman–Crippen LogP) is 3.60. The quantitative estimate of drug-likeness (QED) is 0.0727. The number of nitro groups is 1. The van der Waals surface area contributed by atoms with E-state index in [1.165, 1.54) is 36.4 Å². The Morgan fingerprint density at radius 1 is 0.709 bits per heavy atom. The van der Waals surface area contributed by atoms with Gasteiger partial charge in [0.25, 0.3) is 11.2 Å². The molecule has 17 heteroatoms. The molecule has 5 aromatic rings. The van der Waals surface area contributed by atoms with E-state index < -0.39 is 87.4 Å². The maximum absolute atomic E-state index is 14.0. The number of benzene rings is 4. The van der Waals surface area contributed by atoms with Crippen molar-refractivity contribution in [3.63, 3.8) is 0 Å². The van der Waals surface area contributed by atoms with Crippen LogP contribution >= 0.6 is 0 Å². The number of nitrogens with zero attached hydrogens (tertiary/aromatic N) is 3. The minimum absolute atomic E-state index is 0.0992. The van der Waals surface area contributed by atoms with Gasteiger partial charge in [-0.3, -0.25) is 24.0 Å². The maximum atomic E-state index is 14.0. The second kappa shape index (κ2) is 16.5. The Morgan fingerprint density at radius 2 is 1.22 bits per heavy atom. The van der Waals surface area contributed by atoms with Crippen LogP contribution in [0.15, 0.2) is 142 Å². The molecule has 0 amide bonds. The summed E-state index contributed by atoms with van der Waals surface area (Å²) in [5.74, 6) is -3.25. The molecule has 1 aliphatic rings. The van der Waals surface area contributed by atoms with E-state index in [2.05, 4.69) is 0 Å². The Kier molecular flexibility index (Phi) is 11.4. The average Bonchev–Trinajstić information content (AvgIpc) is 3.53. The van der Waals surface area contributed by atoms with Crippen LogP contribution in [0.5, 0.6) is 0 Å². The van der Waals surface area contributed by atoms with Crippen molar-refractivity contribution in [1.82, 2.24) is 9.13 Å². The second-order valence-electron chi connectivity index (χ2n) is 12.1. The van der Waals surface area contributed by atoms with Crippen LogP contribution in [0.3, 0.4) is 0 Å². The summed E-state index contributed by atoms with van der Waals surface area (Å²) in [6, 6.07) is 28.7. The first-order chi connectivity index (χ1) is 26.4. The molecule has 55 heavy (non-hydrogen) atoms. The lowest BCUT2D eigenvalue weighted by atomic mass is 10.1. The number of nitro benzene ring substituents is 1. The molecule has 1 aliphatic heterocycles. The van der Waals surface area contributed by atoms with Gasteiger partial charge in [-0.05, 0) is 48.5 Å². The van der Waals surface area contributed by atoms with Crippen molar-refractivity contribution in [3.8, 4) is 0 Å². The number of ether oxygens (including phenoxy) is 4. The zero-order valence-corrected chi connectivity index (χ0v) is 29.4. The van der Waals surface area contributed by atoms with Crippen molar-refractivity contribution >= 4 is 33.4 Å². The standard InChI is InChI=1S/C38H31N3O13S/c42-31-20-21-40(38(46)39(31)22-23-55(49,50)29-18-16-28(17-19-29)41(47)48)34-33(54-37(45)27-14-8-3-9-15-27)32(53-36(44)26-12-6-2-7-13-26)30(52-34)24-51-35(43)25-10-4-1-5-11-25/h1-21,30,32-34H,22-24H2/t30-,32-,33-,34-/m1/s1. The molecular weight excluding hydrogens is 738 g/mol. The molecule has 282 valence electrons. The molecule has 0 unspecified atom stereocenters. The van der Waals surface area contributed by atoms with E-state index in [1.54, 1.807) is 54.6 Å². The molecule has 16 nitrogen and oxygen atoms in total. The Morgan fingerprint density at radius 3 is 1.75 bits per heavy atom. The van der Waals surface area contributed by atoms with Gasteiger partial charge in [0.05, 0.1) is 32.3 Å². The fraction of sp³-hybridized carbons (Fsp3) is 0.184. The van der Waals surface area contributed by atoms with E-state index in [0.717, 1.165) is 41.1 Å². The van der Waals surface area contributed by atoms with Gasteiger partial charge in [-0.15, -0.1) is 0 Å². The Balaban J connectivity index is 1.35. The number of hydrogen-bond donors (Lipinski definition) is 0. The van der Waals surface area contributed by atoms with Crippen molar-refractivity contribution in [2.75, 3.05) is 12.4 Å². The van der Waals surface area contributed by atoms with Crippen LogP contribution in [0.2, 0.25) is 0 Å². The van der Waals surface area contributed by atoms with Crippen LogP contribution < -0.4 is 11.2 Å². The molecule has 0 aliphatic carbocycles. The predicted molar refractivity (Wildman–Crippen MR) is 192 cm³/mol. The molecule has 6 rings (SSSR count). The molecule has 2 heterocycles. The molecular formula is C38H31N3O13S. The van der Waals surface area contributed by atoms with Gasteiger partial charge in [-0.2, -0.15) is 0 Å². The highest BCUT2D eigenvalue weighted by Crippen LogP contribution is 2.35. The Bertz CT molecular complexity index is 2420. The summed E-state index contributed by atoms with van der Waals surface area (Å²) in [6.07, 6.45) is -4.98. The summed E-state index contributed by atoms with van der Waals surface area (Å²) >= 11 is 0. The van der Waals surface area contributed by atoms with Gasteiger partial charge >= 0.3 is 23.6 Å². The average molecular weight is 770 g/mol. The first-order valence-electron chi connectivity index (χ1n) is 16.6. The van der Waals surface area contributed by atoms with Crippen molar-refractivity contribution in [3.05, 3.63) is 175 Å². The lowest BCUT2D eigenvalue weighted by Gasteiger charge is -2.25. The fourth-order valence-electron chi connectivity index (χ4n) is 5.72. The summed E-state index contributed by atoms with van der Waals surface area (Å²) in [6.45, 7) is -1.19. The summed E-state index contributed by atoms with van der Waals surface area (Å²) in [4.78, 5) is 76.9. The van der Waals surface area contributed by atoms with Crippen LogP contribution in [0.25, 0.3) is 0 Å². The molecule has 1 saturated heterocycles. The number of non-ortho nitro benzene ring substituents is 1. The highest BCUT2D eigenvalue weighted by Gasteiger charge is 2.52. The van der Waals surface area contributed by atoms with Gasteiger partial charge in [0.2, 0.25) is 0 Å². The Hall–Kier alpha value is -6.72. The van der Waals surface area contributed by atoms with Gasteiger partial charge in [-0.1, -0.05) is 54.6 Å². The molecule has 1 aromatic heterocycles. The van der Waals surface area contributed by atoms with Gasteiger partial charge in [0.15, 0.2) is 28.3 Å². The first kappa shape index (κ1) is 38.0. The number of carbonyl (C=O) groups excluding carboxylic acids is 3. The van der Waals surface area contributed by atoms with Crippen molar-refractivity contribution < 1.29 is 46.7 Å². The summed E-state index contributed by atoms with van der Waals surface area (Å²) < 4.78 is 51.2. The third-order valence-corrected chi connectivity index (χ3v) is 10.2. The van der Waals surface area contributed by atoms with E-state index in [-0.39, 0.29) is 27.3 Å². The number of hydrogen-bond acceptors (Lipinski definition) is 13. The number of esters is 3. The topological polar surface area (TPSA) is 209 Å². The fourth-order valence-corrected chi connectivity index (χ4v) is 6.93. The number of rotatable bonds is 13. The summed E-state index contributed by atoms with van der Waals surface area (Å²) in [7, 11) is -4.16. The van der Waals surface area contributed by atoms with Crippen LogP contribution in [0, 0.1) is 10.1 Å². The monoisotopic (exact) mass is 769 g/mol. The molecule has 4 aromatic carbocycles. The molecule has 0 N–H and O–H groups in total. The van der Waals surface area contributed by atoms with Gasteiger partial charge in [0, 0.05) is 30.9 Å². The number of sulfone groups is 1. The first-order valence-corrected chi connectivity index (χ1v) is 18.3. The smallest absolute Gasteiger partial charge is 0.338 e. The van der Waals surface area contributed by atoms with Crippen LogP contribution in [0.4, 0.5) is 5.69 Å². The van der Waals surface area contributed by atoms with Crippen molar-refractivity contribution in [2.45, 2.75) is 36.0 Å². The highest BCUT2D eigenvalue weighted by molar-refractivity contribution is 7.91. The van der Waals surface area contributed by atoms with Gasteiger partial charge in [-0.25, -0.2) is 27.6 Å². The number of aromatic nitrogens is 2. The van der Waals surface area contributed by atoms with E-state index >= 15 is 0 Å². The van der Waals surface area contributed by atoms with Crippen molar-refractivity contribution in [1.29, 1.82) is 0 Å².